The van der Waals surface area contributed by atoms with Crippen LogP contribution in [0.4, 0.5) is 4.79 Å². The number of nitrogens with two attached hydrogens (primary N) is 1. The largest absolute Gasteiger partial charge is 0.452 e. The highest BCUT2D eigenvalue weighted by atomic mass is 16.5. The maximum Gasteiger partial charge on any atom is 0.312 e. The van der Waals surface area contributed by atoms with Crippen LogP contribution in [0.15, 0.2) is 30.3 Å². The Hall–Kier alpha value is -2.57. The second-order valence-electron chi connectivity index (χ2n) is 6.82. The predicted octanol–water partition coefficient (Wildman–Crippen LogP) is 1.98. The van der Waals surface area contributed by atoms with Crippen LogP contribution in [0.3, 0.4) is 0 Å². The summed E-state index contributed by atoms with van der Waals surface area (Å²) >= 11 is 0. The number of piperidine rings is 1. The highest BCUT2D eigenvalue weighted by Gasteiger charge is 2.28. The van der Waals surface area contributed by atoms with Gasteiger partial charge in [0, 0.05) is 13.1 Å². The lowest BCUT2D eigenvalue weighted by Crippen LogP contribution is -2.44. The van der Waals surface area contributed by atoms with Crippen molar-refractivity contribution in [2.75, 3.05) is 13.1 Å². The molecular formula is C19H27N3O4. The Morgan fingerprint density at radius 1 is 1.23 bits per heavy atom. The van der Waals surface area contributed by atoms with Crippen molar-refractivity contribution in [3.05, 3.63) is 35.9 Å². The molecule has 26 heavy (non-hydrogen) atoms. The fourth-order valence-electron chi connectivity index (χ4n) is 3.06. The number of nitrogens with zero attached hydrogens (tertiary/aromatic N) is 1. The van der Waals surface area contributed by atoms with Crippen LogP contribution in [0.5, 0.6) is 0 Å². The van der Waals surface area contributed by atoms with Gasteiger partial charge in [-0.15, -0.1) is 0 Å². The van der Waals surface area contributed by atoms with Gasteiger partial charge in [0.05, 0.1) is 12.5 Å². The summed E-state index contributed by atoms with van der Waals surface area (Å²) < 4.78 is 5.30. The number of carbonyl (C=O) groups is 3. The van der Waals surface area contributed by atoms with E-state index in [1.807, 2.05) is 6.07 Å². The van der Waals surface area contributed by atoms with E-state index in [9.17, 15) is 14.4 Å². The molecule has 0 aromatic heterocycles. The number of primary amides is 1. The summed E-state index contributed by atoms with van der Waals surface area (Å²) in [5.41, 5.74) is 5.94. The predicted molar refractivity (Wildman–Crippen MR) is 97.1 cm³/mol. The Labute approximate surface area is 153 Å². The maximum atomic E-state index is 12.4. The molecule has 0 unspecified atom stereocenters. The number of ether oxygens (including phenoxy) is 1. The summed E-state index contributed by atoms with van der Waals surface area (Å²) in [5, 5.41) is 2.54. The zero-order valence-electron chi connectivity index (χ0n) is 15.3. The molecule has 0 radical (unpaired) electrons. The fraction of sp³-hybridized carbons (Fsp3) is 0.526. The lowest BCUT2D eigenvalue weighted by molar-refractivity contribution is -0.160. The van der Waals surface area contributed by atoms with Crippen LogP contribution >= 0.6 is 0 Å². The zero-order valence-corrected chi connectivity index (χ0v) is 15.3. The highest BCUT2D eigenvalue weighted by Crippen LogP contribution is 2.19. The third kappa shape index (κ3) is 5.75. The van der Waals surface area contributed by atoms with Gasteiger partial charge in [-0.25, -0.2) is 4.79 Å². The van der Waals surface area contributed by atoms with Crippen LogP contribution in [0.1, 0.15) is 44.7 Å². The van der Waals surface area contributed by atoms with Crippen LogP contribution in [-0.2, 0) is 14.3 Å². The molecule has 142 valence electrons. The number of likely N-dealkylation sites (tertiary alicyclic amines) is 1. The van der Waals surface area contributed by atoms with Crippen LogP contribution < -0.4 is 11.1 Å². The summed E-state index contributed by atoms with van der Waals surface area (Å²) in [4.78, 5) is 37.7. The molecule has 0 bridgehead atoms. The van der Waals surface area contributed by atoms with Crippen molar-refractivity contribution in [2.45, 2.75) is 45.3 Å². The first-order chi connectivity index (χ1) is 12.4. The lowest BCUT2D eigenvalue weighted by atomic mass is 9.99. The van der Waals surface area contributed by atoms with E-state index in [1.165, 1.54) is 0 Å². The summed E-state index contributed by atoms with van der Waals surface area (Å²) in [5.74, 6) is -0.119. The molecule has 1 saturated heterocycles. The molecule has 1 aliphatic rings. The summed E-state index contributed by atoms with van der Waals surface area (Å²) in [6, 6.07) is 7.70. The van der Waals surface area contributed by atoms with E-state index in [4.69, 9.17) is 10.5 Å². The number of urea groups is 1. The molecule has 0 aliphatic carbocycles. The quantitative estimate of drug-likeness (QED) is 0.756. The van der Waals surface area contributed by atoms with Crippen molar-refractivity contribution >= 4 is 17.9 Å². The number of esters is 1. The Morgan fingerprint density at radius 3 is 2.42 bits per heavy atom. The second kappa shape index (κ2) is 9.22. The third-order valence-corrected chi connectivity index (χ3v) is 4.64. The van der Waals surface area contributed by atoms with E-state index >= 15 is 0 Å². The second-order valence-corrected chi connectivity index (χ2v) is 6.82. The van der Waals surface area contributed by atoms with Crippen molar-refractivity contribution in [1.29, 1.82) is 0 Å². The minimum atomic E-state index is -0.846. The fourth-order valence-corrected chi connectivity index (χ4v) is 3.06. The number of benzene rings is 1. The lowest BCUT2D eigenvalue weighted by Gasteiger charge is -2.32. The van der Waals surface area contributed by atoms with E-state index in [0.29, 0.717) is 19.0 Å². The van der Waals surface area contributed by atoms with Gasteiger partial charge in [-0.05, 0) is 31.2 Å². The van der Waals surface area contributed by atoms with Gasteiger partial charge >= 0.3 is 12.0 Å². The first-order valence-electron chi connectivity index (χ1n) is 8.96. The maximum absolute atomic E-state index is 12.4. The van der Waals surface area contributed by atoms with Crippen LogP contribution in [-0.4, -0.2) is 42.0 Å². The van der Waals surface area contributed by atoms with Gasteiger partial charge in [0.15, 0.2) is 6.10 Å². The van der Waals surface area contributed by atoms with Gasteiger partial charge in [-0.1, -0.05) is 37.3 Å². The van der Waals surface area contributed by atoms with Crippen molar-refractivity contribution < 1.29 is 19.1 Å². The van der Waals surface area contributed by atoms with Gasteiger partial charge in [-0.3, -0.25) is 9.59 Å². The topological polar surface area (TPSA) is 102 Å². The molecule has 1 aromatic carbocycles. The molecule has 2 rings (SSSR count). The minimum Gasteiger partial charge on any atom is -0.452 e. The highest BCUT2D eigenvalue weighted by molar-refractivity contribution is 5.84. The van der Waals surface area contributed by atoms with E-state index in [0.717, 1.165) is 18.4 Å². The van der Waals surface area contributed by atoms with Crippen molar-refractivity contribution in [2.24, 2.45) is 11.7 Å². The third-order valence-electron chi connectivity index (χ3n) is 4.64. The van der Waals surface area contributed by atoms with Crippen LogP contribution in [0.2, 0.25) is 0 Å². The van der Waals surface area contributed by atoms with E-state index in [1.54, 1.807) is 36.1 Å². The average molecular weight is 361 g/mol. The molecule has 1 heterocycles. The summed E-state index contributed by atoms with van der Waals surface area (Å²) in [7, 11) is 0. The first-order valence-corrected chi connectivity index (χ1v) is 8.96. The average Bonchev–Trinajstić information content (AvgIpc) is 2.61. The molecule has 0 saturated carbocycles. The van der Waals surface area contributed by atoms with E-state index < -0.39 is 24.1 Å². The standard InChI is InChI=1S/C19H27N3O4/c1-13-8-10-22(11-9-13)18(24)14(2)26-17(23)12-16(21-19(20)25)15-6-4-3-5-7-15/h3-7,13-14,16H,8-12H2,1-2H3,(H3,20,21,25)/t14-,16+/m1/s1. The summed E-state index contributed by atoms with van der Waals surface area (Å²) in [6.45, 7) is 5.13. The molecular weight excluding hydrogens is 334 g/mol. The molecule has 7 heteroatoms. The number of hydrogen-bond donors (Lipinski definition) is 2. The van der Waals surface area contributed by atoms with Crippen LogP contribution in [0, 0.1) is 5.92 Å². The monoisotopic (exact) mass is 361 g/mol. The number of nitrogens with one attached hydrogen (secondary N) is 1. The molecule has 1 aromatic rings. The molecule has 7 nitrogen and oxygen atoms in total. The van der Waals surface area contributed by atoms with Gasteiger partial charge in [0.2, 0.25) is 0 Å². The minimum absolute atomic E-state index is 0.0956. The van der Waals surface area contributed by atoms with Crippen LogP contribution in [0.25, 0.3) is 0 Å². The van der Waals surface area contributed by atoms with Gasteiger partial charge in [0.1, 0.15) is 0 Å². The normalized spacial score (nSPS) is 17.2. The number of carbonyl (C=O) groups excluding carboxylic acids is 3. The zero-order chi connectivity index (χ0) is 19.1. The Kier molecular flexibility index (Phi) is 7.00. The molecule has 2 atom stereocenters. The van der Waals surface area contributed by atoms with Gasteiger partial charge in [0.25, 0.3) is 5.91 Å². The van der Waals surface area contributed by atoms with Crippen molar-refractivity contribution in [3.63, 3.8) is 0 Å². The molecule has 3 N–H and O–H groups in total. The molecule has 0 spiro atoms. The van der Waals surface area contributed by atoms with Crippen molar-refractivity contribution in [3.8, 4) is 0 Å². The van der Waals surface area contributed by atoms with Gasteiger partial charge in [-0.2, -0.15) is 0 Å². The number of amides is 3. The number of rotatable bonds is 6. The smallest absolute Gasteiger partial charge is 0.312 e. The van der Waals surface area contributed by atoms with Gasteiger partial charge < -0.3 is 20.7 Å². The Bertz CT molecular complexity index is 627. The summed E-state index contributed by atoms with van der Waals surface area (Å²) in [6.07, 6.45) is 0.985. The van der Waals surface area contributed by atoms with E-state index in [2.05, 4.69) is 12.2 Å². The SMILES string of the molecule is CC1CCN(C(=O)[C@@H](C)OC(=O)C[C@H](NC(N)=O)c2ccccc2)CC1. The first kappa shape index (κ1) is 19.8. The van der Waals surface area contributed by atoms with E-state index in [-0.39, 0.29) is 12.3 Å². The Morgan fingerprint density at radius 2 is 1.85 bits per heavy atom. The number of hydrogen-bond acceptors (Lipinski definition) is 4. The molecule has 3 amide bonds. The van der Waals surface area contributed by atoms with Crippen molar-refractivity contribution in [1.82, 2.24) is 10.2 Å². The Balaban J connectivity index is 1.92. The molecule has 1 fully saturated rings. The molecule has 1 aliphatic heterocycles.